The number of aryl methyl sites for hydroxylation is 1. The Labute approximate surface area is 165 Å². The minimum atomic E-state index is -0.277. The minimum Gasteiger partial charge on any atom is -0.403 e. The molecule has 148 valence electrons. The predicted molar refractivity (Wildman–Crippen MR) is 111 cm³/mol. The number of hydrogen-bond acceptors (Lipinski definition) is 4. The molecular formula is C21H34B2O4. The Balaban J connectivity index is 1.52. The smallest absolute Gasteiger partial charge is 0.403 e. The van der Waals surface area contributed by atoms with Crippen molar-refractivity contribution in [2.24, 2.45) is 0 Å². The second-order valence-electron chi connectivity index (χ2n) is 9.93. The summed E-state index contributed by atoms with van der Waals surface area (Å²) in [7, 11) is -0.329. The summed E-state index contributed by atoms with van der Waals surface area (Å²) in [6.45, 7) is 16.7. The van der Waals surface area contributed by atoms with Gasteiger partial charge in [0, 0.05) is 6.32 Å². The monoisotopic (exact) mass is 372 g/mol. The highest BCUT2D eigenvalue weighted by atomic mass is 16.7. The van der Waals surface area contributed by atoms with Gasteiger partial charge in [-0.2, -0.15) is 0 Å². The van der Waals surface area contributed by atoms with Gasteiger partial charge in [-0.1, -0.05) is 24.3 Å². The maximum atomic E-state index is 6.10. The molecule has 3 rings (SSSR count). The van der Waals surface area contributed by atoms with E-state index in [1.165, 1.54) is 11.1 Å². The average Bonchev–Trinajstić information content (AvgIpc) is 2.85. The topological polar surface area (TPSA) is 36.9 Å². The maximum Gasteiger partial charge on any atom is 0.462 e. The van der Waals surface area contributed by atoms with Gasteiger partial charge in [0.2, 0.25) is 0 Å². The molecule has 0 radical (unpaired) electrons. The molecule has 2 heterocycles. The van der Waals surface area contributed by atoms with Gasteiger partial charge < -0.3 is 18.6 Å². The van der Waals surface area contributed by atoms with Crippen LogP contribution < -0.4 is 0 Å². The molecule has 2 fully saturated rings. The van der Waals surface area contributed by atoms with E-state index in [0.717, 1.165) is 19.1 Å². The molecule has 27 heavy (non-hydrogen) atoms. The van der Waals surface area contributed by atoms with Gasteiger partial charge in [0.1, 0.15) is 0 Å². The summed E-state index contributed by atoms with van der Waals surface area (Å²) in [5.74, 6) is 0. The van der Waals surface area contributed by atoms with Crippen LogP contribution in [-0.4, -0.2) is 36.6 Å². The highest BCUT2D eigenvalue weighted by molar-refractivity contribution is 6.45. The average molecular weight is 372 g/mol. The lowest BCUT2D eigenvalue weighted by molar-refractivity contribution is 0.00578. The first kappa shape index (κ1) is 20.9. The zero-order valence-electron chi connectivity index (χ0n) is 18.2. The second kappa shape index (κ2) is 6.91. The van der Waals surface area contributed by atoms with E-state index in [-0.39, 0.29) is 36.6 Å². The molecule has 4 nitrogen and oxygen atoms in total. The van der Waals surface area contributed by atoms with Crippen LogP contribution in [0.3, 0.4) is 0 Å². The van der Waals surface area contributed by atoms with Crippen molar-refractivity contribution >= 4 is 14.2 Å². The van der Waals surface area contributed by atoms with Crippen molar-refractivity contribution in [2.45, 2.75) is 96.9 Å². The lowest BCUT2D eigenvalue weighted by Crippen LogP contribution is -2.41. The standard InChI is InChI=1S/C21H34B2O4/c1-18(2)19(3,4)25-22(24-18)14-13-16-9-11-17(12-10-16)15-23-26-20(5,6)21(7,8)27-23/h9-12H,13-15H2,1-8H3. The SMILES string of the molecule is CC1(C)OB(CCc2ccc(CB3OC(C)(C)C(C)(C)O3)cc2)OC1(C)C. The Kier molecular flexibility index (Phi) is 5.35. The zero-order valence-corrected chi connectivity index (χ0v) is 18.2. The van der Waals surface area contributed by atoms with Crippen molar-refractivity contribution in [1.29, 1.82) is 0 Å². The summed E-state index contributed by atoms with van der Waals surface area (Å²) >= 11 is 0. The van der Waals surface area contributed by atoms with Crippen LogP contribution in [0.2, 0.25) is 6.32 Å². The van der Waals surface area contributed by atoms with Gasteiger partial charge in [0.25, 0.3) is 0 Å². The van der Waals surface area contributed by atoms with Gasteiger partial charge in [0.15, 0.2) is 0 Å². The minimum absolute atomic E-state index is 0.139. The largest absolute Gasteiger partial charge is 0.462 e. The van der Waals surface area contributed by atoms with E-state index < -0.39 is 0 Å². The van der Waals surface area contributed by atoms with E-state index in [4.69, 9.17) is 18.6 Å². The van der Waals surface area contributed by atoms with Crippen molar-refractivity contribution < 1.29 is 18.6 Å². The maximum absolute atomic E-state index is 6.10. The summed E-state index contributed by atoms with van der Waals surface area (Å²) < 4.78 is 24.4. The Hall–Kier alpha value is -0.810. The van der Waals surface area contributed by atoms with Gasteiger partial charge in [0.05, 0.1) is 22.4 Å². The van der Waals surface area contributed by atoms with E-state index in [2.05, 4.69) is 79.7 Å². The fraction of sp³-hybridized carbons (Fsp3) is 0.714. The molecule has 0 aliphatic carbocycles. The van der Waals surface area contributed by atoms with Crippen molar-refractivity contribution in [3.8, 4) is 0 Å². The first-order valence-corrected chi connectivity index (χ1v) is 10.1. The van der Waals surface area contributed by atoms with E-state index in [1.54, 1.807) is 0 Å². The third kappa shape index (κ3) is 4.29. The molecule has 2 aliphatic heterocycles. The first-order valence-electron chi connectivity index (χ1n) is 10.1. The summed E-state index contributed by atoms with van der Waals surface area (Å²) in [5, 5.41) is 0. The lowest BCUT2D eigenvalue weighted by atomic mass is 9.79. The molecule has 2 aliphatic rings. The summed E-state index contributed by atoms with van der Waals surface area (Å²) in [4.78, 5) is 0. The van der Waals surface area contributed by atoms with Crippen molar-refractivity contribution in [3.05, 3.63) is 35.4 Å². The van der Waals surface area contributed by atoms with E-state index in [1.807, 2.05) is 0 Å². The number of benzene rings is 1. The Bertz CT molecular complexity index is 635. The highest BCUT2D eigenvalue weighted by Gasteiger charge is 2.51. The second-order valence-corrected chi connectivity index (χ2v) is 9.93. The molecule has 0 spiro atoms. The van der Waals surface area contributed by atoms with Crippen LogP contribution >= 0.6 is 0 Å². The van der Waals surface area contributed by atoms with Crippen molar-refractivity contribution in [2.75, 3.05) is 0 Å². The third-order valence-electron chi connectivity index (χ3n) is 6.70. The summed E-state index contributed by atoms with van der Waals surface area (Å²) in [5.41, 5.74) is 1.45. The van der Waals surface area contributed by atoms with Crippen molar-refractivity contribution in [1.82, 2.24) is 0 Å². The van der Waals surface area contributed by atoms with Crippen LogP contribution in [0.15, 0.2) is 24.3 Å². The highest BCUT2D eigenvalue weighted by Crippen LogP contribution is 2.38. The molecule has 0 unspecified atom stereocenters. The fourth-order valence-corrected chi connectivity index (χ4v) is 3.45. The molecule has 0 aromatic heterocycles. The Morgan fingerprint density at radius 2 is 0.963 bits per heavy atom. The van der Waals surface area contributed by atoms with Crippen LogP contribution in [0.4, 0.5) is 0 Å². The Morgan fingerprint density at radius 1 is 0.593 bits per heavy atom. The molecular weight excluding hydrogens is 338 g/mol. The molecule has 0 bridgehead atoms. The predicted octanol–water partition coefficient (Wildman–Crippen LogP) is 4.50. The van der Waals surface area contributed by atoms with Crippen LogP contribution in [0.1, 0.15) is 66.5 Å². The molecule has 0 amide bonds. The molecule has 0 N–H and O–H groups in total. The fourth-order valence-electron chi connectivity index (χ4n) is 3.45. The Morgan fingerprint density at radius 3 is 1.41 bits per heavy atom. The van der Waals surface area contributed by atoms with Gasteiger partial charge in [-0.3, -0.25) is 0 Å². The summed E-state index contributed by atoms with van der Waals surface area (Å²) in [6, 6.07) is 8.72. The van der Waals surface area contributed by atoms with Gasteiger partial charge >= 0.3 is 14.2 Å². The lowest BCUT2D eigenvalue weighted by Gasteiger charge is -2.32. The van der Waals surface area contributed by atoms with Gasteiger partial charge in [-0.15, -0.1) is 0 Å². The molecule has 6 heteroatoms. The van der Waals surface area contributed by atoms with Crippen LogP contribution in [0, 0.1) is 0 Å². The third-order valence-corrected chi connectivity index (χ3v) is 6.70. The number of hydrogen-bond donors (Lipinski definition) is 0. The molecule has 2 saturated heterocycles. The molecule has 0 atom stereocenters. The van der Waals surface area contributed by atoms with E-state index >= 15 is 0 Å². The molecule has 1 aromatic rings. The first-order chi connectivity index (χ1) is 12.3. The van der Waals surface area contributed by atoms with E-state index in [9.17, 15) is 0 Å². The molecule has 1 aromatic carbocycles. The van der Waals surface area contributed by atoms with Crippen LogP contribution in [-0.2, 0) is 31.4 Å². The zero-order chi connectivity index (χ0) is 20.1. The molecule has 0 saturated carbocycles. The quantitative estimate of drug-likeness (QED) is 0.714. The van der Waals surface area contributed by atoms with Gasteiger partial charge in [-0.05, 0) is 79.3 Å². The van der Waals surface area contributed by atoms with Crippen molar-refractivity contribution in [3.63, 3.8) is 0 Å². The van der Waals surface area contributed by atoms with E-state index in [0.29, 0.717) is 0 Å². The van der Waals surface area contributed by atoms with Crippen LogP contribution in [0.25, 0.3) is 0 Å². The van der Waals surface area contributed by atoms with Gasteiger partial charge in [-0.25, -0.2) is 0 Å². The number of rotatable bonds is 5. The normalized spacial score (nSPS) is 25.2. The van der Waals surface area contributed by atoms with Crippen LogP contribution in [0.5, 0.6) is 0 Å². The summed E-state index contributed by atoms with van der Waals surface area (Å²) in [6.07, 6.45) is 2.57.